The highest BCUT2D eigenvalue weighted by molar-refractivity contribution is 5.80. The highest BCUT2D eigenvalue weighted by Gasteiger charge is 2.04. The third kappa shape index (κ3) is 3.16. The van der Waals surface area contributed by atoms with Gasteiger partial charge in [0.1, 0.15) is 0 Å². The van der Waals surface area contributed by atoms with Crippen LogP contribution in [0, 0.1) is 11.8 Å². The second-order valence-electron chi connectivity index (χ2n) is 6.18. The van der Waals surface area contributed by atoms with Crippen LogP contribution in [0.15, 0.2) is 30.5 Å². The van der Waals surface area contributed by atoms with Gasteiger partial charge in [-0.15, -0.1) is 0 Å². The average molecular weight is 243 g/mol. The molecular weight excluding hydrogens is 218 g/mol. The Morgan fingerprint density at radius 1 is 1.00 bits per heavy atom. The minimum atomic E-state index is 0.724. The molecule has 1 heterocycles. The fraction of sp³-hybridized carbons (Fsp3) is 0.529. The van der Waals surface area contributed by atoms with E-state index < -0.39 is 0 Å². The number of benzene rings is 1. The molecule has 0 saturated heterocycles. The third-order valence-electron chi connectivity index (χ3n) is 3.43. The molecule has 0 radical (unpaired) electrons. The standard InChI is InChI=1S/C17H25N/c1-13(2)7-9-18-10-8-16-6-5-15(11-14(3)4)12-17(16)18/h5-6,8,10,12-14H,7,9,11H2,1-4H3. The summed E-state index contributed by atoms with van der Waals surface area (Å²) < 4.78 is 2.40. The van der Waals surface area contributed by atoms with Gasteiger partial charge in [-0.1, -0.05) is 39.8 Å². The zero-order valence-electron chi connectivity index (χ0n) is 12.1. The fourth-order valence-electron chi connectivity index (χ4n) is 2.42. The maximum atomic E-state index is 2.40. The molecule has 0 saturated carbocycles. The summed E-state index contributed by atoms with van der Waals surface area (Å²) in [4.78, 5) is 0. The molecule has 18 heavy (non-hydrogen) atoms. The first-order valence-corrected chi connectivity index (χ1v) is 7.14. The van der Waals surface area contributed by atoms with Gasteiger partial charge in [0.25, 0.3) is 0 Å². The molecule has 0 aliphatic carbocycles. The monoisotopic (exact) mass is 243 g/mol. The molecule has 1 aromatic carbocycles. The summed E-state index contributed by atoms with van der Waals surface area (Å²) in [6.45, 7) is 10.3. The van der Waals surface area contributed by atoms with Crippen LogP contribution in [0.4, 0.5) is 0 Å². The van der Waals surface area contributed by atoms with Gasteiger partial charge in [-0.2, -0.15) is 0 Å². The zero-order chi connectivity index (χ0) is 13.1. The van der Waals surface area contributed by atoms with Crippen LogP contribution in [0.5, 0.6) is 0 Å². The summed E-state index contributed by atoms with van der Waals surface area (Å²) in [6, 6.07) is 9.14. The molecule has 1 aromatic heterocycles. The van der Waals surface area contributed by atoms with Crippen LogP contribution in [0.25, 0.3) is 10.9 Å². The quantitative estimate of drug-likeness (QED) is 0.705. The predicted molar refractivity (Wildman–Crippen MR) is 79.9 cm³/mol. The van der Waals surface area contributed by atoms with Crippen molar-refractivity contribution in [2.45, 2.75) is 47.1 Å². The van der Waals surface area contributed by atoms with Gasteiger partial charge in [0, 0.05) is 18.3 Å². The average Bonchev–Trinajstić information content (AvgIpc) is 2.68. The Balaban J connectivity index is 2.25. The summed E-state index contributed by atoms with van der Waals surface area (Å²) in [5.41, 5.74) is 2.86. The number of hydrogen-bond acceptors (Lipinski definition) is 0. The molecule has 0 aliphatic rings. The van der Waals surface area contributed by atoms with E-state index in [2.05, 4.69) is 62.7 Å². The minimum absolute atomic E-state index is 0.724. The van der Waals surface area contributed by atoms with Crippen molar-refractivity contribution in [3.8, 4) is 0 Å². The molecule has 1 heteroatoms. The molecule has 0 spiro atoms. The van der Waals surface area contributed by atoms with Crippen molar-refractivity contribution in [2.75, 3.05) is 0 Å². The molecule has 0 bridgehead atoms. The van der Waals surface area contributed by atoms with Crippen molar-refractivity contribution >= 4 is 10.9 Å². The van der Waals surface area contributed by atoms with Crippen molar-refractivity contribution in [2.24, 2.45) is 11.8 Å². The van der Waals surface area contributed by atoms with Crippen LogP contribution in [-0.2, 0) is 13.0 Å². The molecule has 98 valence electrons. The van der Waals surface area contributed by atoms with E-state index in [9.17, 15) is 0 Å². The highest BCUT2D eigenvalue weighted by atomic mass is 14.9. The van der Waals surface area contributed by atoms with Gasteiger partial charge in [-0.05, 0) is 47.8 Å². The van der Waals surface area contributed by atoms with Crippen molar-refractivity contribution in [1.29, 1.82) is 0 Å². The number of aryl methyl sites for hydroxylation is 1. The van der Waals surface area contributed by atoms with Gasteiger partial charge >= 0.3 is 0 Å². The Kier molecular flexibility index (Phi) is 4.11. The Bertz CT molecular complexity index is 505. The van der Waals surface area contributed by atoms with Crippen molar-refractivity contribution in [3.63, 3.8) is 0 Å². The first kappa shape index (κ1) is 13.2. The largest absolute Gasteiger partial charge is 0.347 e. The summed E-state index contributed by atoms with van der Waals surface area (Å²) in [5.74, 6) is 1.49. The van der Waals surface area contributed by atoms with Gasteiger partial charge in [0.2, 0.25) is 0 Å². The molecule has 0 fully saturated rings. The second-order valence-corrected chi connectivity index (χ2v) is 6.18. The van der Waals surface area contributed by atoms with Crippen LogP contribution in [0.1, 0.15) is 39.7 Å². The molecule has 0 atom stereocenters. The van der Waals surface area contributed by atoms with Gasteiger partial charge < -0.3 is 4.57 Å². The van der Waals surface area contributed by atoms with E-state index in [1.165, 1.54) is 29.3 Å². The molecule has 1 nitrogen and oxygen atoms in total. The van der Waals surface area contributed by atoms with Crippen LogP contribution >= 0.6 is 0 Å². The SMILES string of the molecule is CC(C)CCn1ccc2ccc(CC(C)C)cc21. The summed E-state index contributed by atoms with van der Waals surface area (Å²) >= 11 is 0. The Morgan fingerprint density at radius 2 is 1.78 bits per heavy atom. The molecule has 2 rings (SSSR count). The van der Waals surface area contributed by atoms with Gasteiger partial charge in [0.05, 0.1) is 0 Å². The first-order valence-electron chi connectivity index (χ1n) is 7.14. The summed E-state index contributed by atoms with van der Waals surface area (Å²) in [7, 11) is 0. The molecule has 0 amide bonds. The van der Waals surface area contributed by atoms with Crippen molar-refractivity contribution in [3.05, 3.63) is 36.0 Å². The molecule has 2 aromatic rings. The van der Waals surface area contributed by atoms with E-state index in [4.69, 9.17) is 0 Å². The maximum absolute atomic E-state index is 2.40. The number of nitrogens with zero attached hydrogens (tertiary/aromatic N) is 1. The molecule has 0 aliphatic heterocycles. The van der Waals surface area contributed by atoms with E-state index in [1.54, 1.807) is 0 Å². The third-order valence-corrected chi connectivity index (χ3v) is 3.43. The zero-order valence-corrected chi connectivity index (χ0v) is 12.1. The van der Waals surface area contributed by atoms with Gasteiger partial charge in [-0.25, -0.2) is 0 Å². The number of fused-ring (bicyclic) bond motifs is 1. The molecule has 0 N–H and O–H groups in total. The summed E-state index contributed by atoms with van der Waals surface area (Å²) in [5, 5.41) is 1.37. The normalized spacial score (nSPS) is 11.9. The van der Waals surface area contributed by atoms with E-state index in [0.29, 0.717) is 0 Å². The lowest BCUT2D eigenvalue weighted by atomic mass is 10.0. The first-order chi connectivity index (χ1) is 8.56. The van der Waals surface area contributed by atoms with E-state index in [-0.39, 0.29) is 0 Å². The predicted octanol–water partition coefficient (Wildman–Crippen LogP) is 4.89. The topological polar surface area (TPSA) is 4.93 Å². The van der Waals surface area contributed by atoms with Gasteiger partial charge in [0.15, 0.2) is 0 Å². The van der Waals surface area contributed by atoms with Crippen LogP contribution < -0.4 is 0 Å². The lowest BCUT2D eigenvalue weighted by molar-refractivity contribution is 0.524. The number of rotatable bonds is 5. The van der Waals surface area contributed by atoms with E-state index in [0.717, 1.165) is 18.4 Å². The van der Waals surface area contributed by atoms with E-state index in [1.807, 2.05) is 0 Å². The fourth-order valence-corrected chi connectivity index (χ4v) is 2.42. The van der Waals surface area contributed by atoms with Crippen molar-refractivity contribution in [1.82, 2.24) is 4.57 Å². The van der Waals surface area contributed by atoms with Crippen molar-refractivity contribution < 1.29 is 0 Å². The summed E-state index contributed by atoms with van der Waals surface area (Å²) in [6.07, 6.45) is 4.65. The van der Waals surface area contributed by atoms with Crippen LogP contribution in [0.3, 0.4) is 0 Å². The lowest BCUT2D eigenvalue weighted by Crippen LogP contribution is -2.00. The van der Waals surface area contributed by atoms with Crippen LogP contribution in [-0.4, -0.2) is 4.57 Å². The number of hydrogen-bond donors (Lipinski definition) is 0. The highest BCUT2D eigenvalue weighted by Crippen LogP contribution is 2.20. The number of aromatic nitrogens is 1. The van der Waals surface area contributed by atoms with Crippen LogP contribution in [0.2, 0.25) is 0 Å². The smallest absolute Gasteiger partial charge is 0.0483 e. The second kappa shape index (κ2) is 5.60. The Labute approximate surface area is 111 Å². The van der Waals surface area contributed by atoms with Gasteiger partial charge in [-0.3, -0.25) is 0 Å². The minimum Gasteiger partial charge on any atom is -0.347 e. The molecule has 0 unspecified atom stereocenters. The Morgan fingerprint density at radius 3 is 2.44 bits per heavy atom. The lowest BCUT2D eigenvalue weighted by Gasteiger charge is -2.10. The molecular formula is C17H25N. The Hall–Kier alpha value is -1.24. The van der Waals surface area contributed by atoms with E-state index >= 15 is 0 Å². The maximum Gasteiger partial charge on any atom is 0.0483 e.